The molecule has 1 saturated heterocycles. The van der Waals surface area contributed by atoms with Crippen molar-refractivity contribution in [1.29, 1.82) is 0 Å². The predicted molar refractivity (Wildman–Crippen MR) is 111 cm³/mol. The second-order valence-corrected chi connectivity index (χ2v) is 7.00. The molecule has 2 N–H and O–H groups in total. The van der Waals surface area contributed by atoms with Gasteiger partial charge in [0.2, 0.25) is 0 Å². The third-order valence-corrected chi connectivity index (χ3v) is 5.28. The van der Waals surface area contributed by atoms with Gasteiger partial charge < -0.3 is 10.2 Å². The van der Waals surface area contributed by atoms with Gasteiger partial charge in [0.25, 0.3) is 0 Å². The zero-order valence-corrected chi connectivity index (χ0v) is 15.9. The molecule has 29 heavy (non-hydrogen) atoms. The molecule has 0 saturated carbocycles. The minimum Gasteiger partial charge on any atom is -0.373 e. The number of hydrogen-bond acceptors (Lipinski definition) is 7. The molecule has 3 aromatic rings. The van der Waals surface area contributed by atoms with Crippen LogP contribution in [0.3, 0.4) is 0 Å². The summed E-state index contributed by atoms with van der Waals surface area (Å²) in [6, 6.07) is 7.72. The van der Waals surface area contributed by atoms with E-state index in [1.807, 2.05) is 31.3 Å². The second kappa shape index (κ2) is 7.01. The number of nitrogens with one attached hydrogen (secondary N) is 2. The number of carbonyl (C=O) groups excluding carboxylic acids is 1. The molecule has 1 fully saturated rings. The molecule has 2 bridgehead atoms. The number of aromatic nitrogens is 4. The molecule has 0 aliphatic carbocycles. The Balaban J connectivity index is 1.51. The fraction of sp³-hybridized carbons (Fsp3) is 0.250. The summed E-state index contributed by atoms with van der Waals surface area (Å²) in [4.78, 5) is 34.5. The molecule has 0 unspecified atom stereocenters. The number of pyridine rings is 2. The van der Waals surface area contributed by atoms with Gasteiger partial charge in [0, 0.05) is 44.3 Å². The Kier molecular flexibility index (Phi) is 4.19. The number of fused-ring (bicyclic) bond motifs is 4. The summed E-state index contributed by atoms with van der Waals surface area (Å²) >= 11 is 0. The molecular weight excluding hydrogens is 368 g/mol. The first-order chi connectivity index (χ1) is 14.2. The minimum absolute atomic E-state index is 0.0757. The lowest BCUT2D eigenvalue weighted by atomic mass is 10.1. The van der Waals surface area contributed by atoms with E-state index in [-0.39, 0.29) is 12.1 Å². The third-order valence-electron chi connectivity index (χ3n) is 5.28. The standard InChI is InChI=1S/C20H20N8O/c1-21-17-5-2-13(10-24-17)15-3-4-16-19(25-15)28(14-6-9-27(16)12-14)20(29)26-18-11-22-7-8-23-18/h2-5,7-8,10-11,14H,6,9,12H2,1H3,(H,21,24)(H,23,26,29)/t14-/m0/s1. The smallest absolute Gasteiger partial charge is 0.329 e. The Hall–Kier alpha value is -3.75. The molecule has 146 valence electrons. The average molecular weight is 388 g/mol. The van der Waals surface area contributed by atoms with Crippen molar-refractivity contribution >= 4 is 29.2 Å². The fourth-order valence-corrected chi connectivity index (χ4v) is 3.86. The van der Waals surface area contributed by atoms with E-state index in [2.05, 4.69) is 30.5 Å². The van der Waals surface area contributed by atoms with Crippen molar-refractivity contribution in [3.8, 4) is 11.3 Å². The molecule has 1 atom stereocenters. The van der Waals surface area contributed by atoms with Gasteiger partial charge in [-0.25, -0.2) is 19.7 Å². The lowest BCUT2D eigenvalue weighted by molar-refractivity contribution is 0.254. The zero-order chi connectivity index (χ0) is 19.8. The molecule has 0 aromatic carbocycles. The van der Waals surface area contributed by atoms with E-state index in [0.717, 1.165) is 42.3 Å². The molecule has 5 heterocycles. The molecule has 5 rings (SSSR count). The quantitative estimate of drug-likeness (QED) is 0.711. The van der Waals surface area contributed by atoms with E-state index >= 15 is 0 Å². The highest BCUT2D eigenvalue weighted by Gasteiger charge is 2.40. The summed E-state index contributed by atoms with van der Waals surface area (Å²) in [7, 11) is 1.83. The number of nitrogens with zero attached hydrogens (tertiary/aromatic N) is 6. The second-order valence-electron chi connectivity index (χ2n) is 7.00. The van der Waals surface area contributed by atoms with Gasteiger partial charge in [0.1, 0.15) is 5.82 Å². The lowest BCUT2D eigenvalue weighted by Gasteiger charge is -2.35. The van der Waals surface area contributed by atoms with E-state index in [0.29, 0.717) is 11.6 Å². The molecule has 0 spiro atoms. The van der Waals surface area contributed by atoms with Crippen LogP contribution in [0.25, 0.3) is 11.3 Å². The molecule has 3 aromatic heterocycles. The van der Waals surface area contributed by atoms with Gasteiger partial charge in [0.15, 0.2) is 11.6 Å². The molecule has 9 heteroatoms. The zero-order valence-electron chi connectivity index (χ0n) is 15.9. The number of rotatable bonds is 3. The van der Waals surface area contributed by atoms with Crippen molar-refractivity contribution in [3.63, 3.8) is 0 Å². The maximum absolute atomic E-state index is 13.1. The number of urea groups is 1. The van der Waals surface area contributed by atoms with Crippen LogP contribution in [-0.4, -0.2) is 52.1 Å². The first-order valence-corrected chi connectivity index (χ1v) is 9.49. The maximum Gasteiger partial charge on any atom is 0.329 e. The van der Waals surface area contributed by atoms with E-state index in [1.54, 1.807) is 23.5 Å². The largest absolute Gasteiger partial charge is 0.373 e. The van der Waals surface area contributed by atoms with Crippen LogP contribution in [0, 0.1) is 0 Å². The van der Waals surface area contributed by atoms with Gasteiger partial charge in [-0.3, -0.25) is 15.2 Å². The first-order valence-electron chi connectivity index (χ1n) is 9.49. The third kappa shape index (κ3) is 3.10. The van der Waals surface area contributed by atoms with Crippen LogP contribution in [0.4, 0.5) is 27.9 Å². The van der Waals surface area contributed by atoms with E-state index < -0.39 is 0 Å². The van der Waals surface area contributed by atoms with E-state index in [1.165, 1.54) is 6.20 Å². The van der Waals surface area contributed by atoms with Crippen LogP contribution in [-0.2, 0) is 0 Å². The van der Waals surface area contributed by atoms with Gasteiger partial charge in [0.05, 0.1) is 23.6 Å². The Morgan fingerprint density at radius 2 is 2.03 bits per heavy atom. The fourth-order valence-electron chi connectivity index (χ4n) is 3.86. The van der Waals surface area contributed by atoms with Crippen molar-refractivity contribution in [2.24, 2.45) is 0 Å². The van der Waals surface area contributed by atoms with Crippen molar-refractivity contribution in [2.45, 2.75) is 12.5 Å². The lowest BCUT2D eigenvalue weighted by Crippen LogP contribution is -2.48. The number of hydrogen-bond donors (Lipinski definition) is 2. The highest BCUT2D eigenvalue weighted by atomic mass is 16.2. The number of carbonyl (C=O) groups is 1. The van der Waals surface area contributed by atoms with Crippen molar-refractivity contribution < 1.29 is 4.79 Å². The van der Waals surface area contributed by atoms with Crippen LogP contribution in [0.2, 0.25) is 0 Å². The van der Waals surface area contributed by atoms with Crippen molar-refractivity contribution in [2.75, 3.05) is 40.6 Å². The molecule has 2 amide bonds. The SMILES string of the molecule is CNc1ccc(-c2ccc3c(n2)N(C(=O)Nc2cnccn2)[C@H]2CCN3C2)cn1. The van der Waals surface area contributed by atoms with Crippen LogP contribution in [0.1, 0.15) is 6.42 Å². The summed E-state index contributed by atoms with van der Waals surface area (Å²) in [5.74, 6) is 1.87. The van der Waals surface area contributed by atoms with E-state index in [9.17, 15) is 4.79 Å². The van der Waals surface area contributed by atoms with Gasteiger partial charge in [-0.05, 0) is 30.7 Å². The Morgan fingerprint density at radius 3 is 2.79 bits per heavy atom. The average Bonchev–Trinajstić information content (AvgIpc) is 3.18. The number of amides is 2. The summed E-state index contributed by atoms with van der Waals surface area (Å²) in [6.07, 6.45) is 7.33. The summed E-state index contributed by atoms with van der Waals surface area (Å²) < 4.78 is 0. The summed E-state index contributed by atoms with van der Waals surface area (Å²) in [5.41, 5.74) is 2.64. The van der Waals surface area contributed by atoms with Gasteiger partial charge in [-0.15, -0.1) is 0 Å². The van der Waals surface area contributed by atoms with Crippen LogP contribution in [0.15, 0.2) is 49.1 Å². The highest BCUT2D eigenvalue weighted by Crippen LogP contribution is 2.40. The first kappa shape index (κ1) is 17.4. The Morgan fingerprint density at radius 1 is 1.10 bits per heavy atom. The molecule has 2 aliphatic heterocycles. The molecular formula is C20H20N8O. The Labute approximate surface area is 167 Å². The van der Waals surface area contributed by atoms with Gasteiger partial charge in [-0.1, -0.05) is 0 Å². The van der Waals surface area contributed by atoms with Crippen molar-refractivity contribution in [1.82, 2.24) is 19.9 Å². The maximum atomic E-state index is 13.1. The van der Waals surface area contributed by atoms with E-state index in [4.69, 9.17) is 4.98 Å². The van der Waals surface area contributed by atoms with Crippen molar-refractivity contribution in [3.05, 3.63) is 49.1 Å². The van der Waals surface area contributed by atoms with Gasteiger partial charge >= 0.3 is 6.03 Å². The Bertz CT molecular complexity index is 1040. The molecule has 0 radical (unpaired) electrons. The topological polar surface area (TPSA) is 99.2 Å². The summed E-state index contributed by atoms with van der Waals surface area (Å²) in [6.45, 7) is 1.71. The van der Waals surface area contributed by atoms with Crippen LogP contribution >= 0.6 is 0 Å². The van der Waals surface area contributed by atoms with Gasteiger partial charge in [-0.2, -0.15) is 0 Å². The normalized spacial score (nSPS) is 17.1. The minimum atomic E-state index is -0.244. The highest BCUT2D eigenvalue weighted by molar-refractivity contribution is 6.04. The molecule has 9 nitrogen and oxygen atoms in total. The van der Waals surface area contributed by atoms with Crippen LogP contribution in [0.5, 0.6) is 0 Å². The predicted octanol–water partition coefficient (Wildman–Crippen LogP) is 2.61. The monoisotopic (exact) mass is 388 g/mol. The molecule has 2 aliphatic rings. The van der Waals surface area contributed by atoms with Crippen LogP contribution < -0.4 is 20.4 Å². The number of anilines is 4. The summed E-state index contributed by atoms with van der Waals surface area (Å²) in [5, 5.41) is 5.85.